The number of carbonyl (C=O) groups is 1. The second-order valence-electron chi connectivity index (χ2n) is 14.3. The second kappa shape index (κ2) is 9.96. The van der Waals surface area contributed by atoms with Crippen LogP contribution in [0.5, 0.6) is 0 Å². The minimum atomic E-state index is 0.0272. The third kappa shape index (κ3) is 4.02. The van der Waals surface area contributed by atoms with Crippen LogP contribution in [0.25, 0.3) is 22.0 Å². The van der Waals surface area contributed by atoms with Crippen molar-refractivity contribution in [2.75, 3.05) is 50.5 Å². The number of fused-ring (bicyclic) bond motifs is 1. The summed E-state index contributed by atoms with van der Waals surface area (Å²) >= 11 is 7.22. The Morgan fingerprint density at radius 2 is 1.95 bits per heavy atom. The Labute approximate surface area is 263 Å². The molecule has 8 rings (SSSR count). The molecule has 3 N–H and O–H groups in total. The monoisotopic (exact) mass is 618 g/mol. The molecule has 1 atom stereocenters. The smallest absolute Gasteiger partial charge is 0.245 e. The van der Waals surface area contributed by atoms with E-state index < -0.39 is 0 Å². The highest BCUT2D eigenvalue weighted by Crippen LogP contribution is 2.57. The molecule has 5 fully saturated rings. The predicted molar refractivity (Wildman–Crippen MR) is 173 cm³/mol. The zero-order valence-electron chi connectivity index (χ0n) is 26.0. The van der Waals surface area contributed by atoms with Crippen molar-refractivity contribution in [1.82, 2.24) is 29.8 Å². The van der Waals surface area contributed by atoms with Crippen molar-refractivity contribution < 1.29 is 9.53 Å². The van der Waals surface area contributed by atoms with Gasteiger partial charge in [0.05, 0.1) is 41.2 Å². The number of nitrogens with two attached hydrogens (primary N) is 1. The van der Waals surface area contributed by atoms with Gasteiger partial charge in [0.1, 0.15) is 0 Å². The first kappa shape index (κ1) is 28.4. The number of nitrogen functional groups attached to an aromatic ring is 1. The maximum absolute atomic E-state index is 12.1. The summed E-state index contributed by atoms with van der Waals surface area (Å²) in [6, 6.07) is 3.38. The van der Waals surface area contributed by atoms with E-state index in [1.165, 1.54) is 25.3 Å². The van der Waals surface area contributed by atoms with Gasteiger partial charge in [-0.25, -0.2) is 0 Å². The molecule has 5 heterocycles. The normalized spacial score (nSPS) is 24.4. The Bertz CT molecular complexity index is 1660. The Balaban J connectivity index is 1.20. The number of aromatic nitrogens is 4. The Morgan fingerprint density at radius 3 is 2.59 bits per heavy atom. The molecule has 2 spiro atoms. The van der Waals surface area contributed by atoms with Crippen LogP contribution in [-0.4, -0.2) is 93.2 Å². The van der Waals surface area contributed by atoms with Crippen LogP contribution in [0.1, 0.15) is 62.2 Å². The van der Waals surface area contributed by atoms with E-state index in [1.807, 2.05) is 17.9 Å². The molecule has 1 unspecified atom stereocenters. The third-order valence-corrected chi connectivity index (χ3v) is 12.3. The molecule has 3 aliphatic heterocycles. The fourth-order valence-corrected chi connectivity index (χ4v) is 9.22. The number of hydrogen-bond donors (Lipinski definition) is 2. The highest BCUT2D eigenvalue weighted by atomic mass is 35.5. The average molecular weight is 619 g/mol. The molecular formula is C33H43ClN8O2. The summed E-state index contributed by atoms with van der Waals surface area (Å²) in [4.78, 5) is 19.3. The summed E-state index contributed by atoms with van der Waals surface area (Å²) < 4.78 is 7.81. The van der Waals surface area contributed by atoms with Gasteiger partial charge in [0.2, 0.25) is 5.91 Å². The molecule has 3 saturated heterocycles. The quantitative estimate of drug-likeness (QED) is 0.380. The van der Waals surface area contributed by atoms with Gasteiger partial charge in [0.25, 0.3) is 0 Å². The van der Waals surface area contributed by atoms with Gasteiger partial charge in [0, 0.05) is 53.5 Å². The number of ether oxygens (including phenoxy) is 1. The topological polar surface area (TPSA) is 109 Å². The molecule has 234 valence electrons. The van der Waals surface area contributed by atoms with Crippen molar-refractivity contribution in [2.24, 2.45) is 5.41 Å². The van der Waals surface area contributed by atoms with Crippen molar-refractivity contribution in [3.05, 3.63) is 35.0 Å². The maximum Gasteiger partial charge on any atom is 0.245 e. The fourth-order valence-electron chi connectivity index (χ4n) is 8.98. The van der Waals surface area contributed by atoms with Crippen molar-refractivity contribution in [3.63, 3.8) is 0 Å². The highest BCUT2D eigenvalue weighted by molar-refractivity contribution is 6.36. The number of benzene rings is 1. The molecule has 2 aliphatic carbocycles. The van der Waals surface area contributed by atoms with Crippen LogP contribution in [0.3, 0.4) is 0 Å². The van der Waals surface area contributed by atoms with Gasteiger partial charge in [-0.3, -0.25) is 19.5 Å². The van der Waals surface area contributed by atoms with Crippen LogP contribution in [-0.2, 0) is 9.53 Å². The number of piperidine rings is 1. The molecule has 3 aromatic rings. The SMILES string of the molecule is C=CC(=O)N1CC2(CC(n3nc(N4CCC(N(C)C5COC5)CC45CCC5)c(-c4c(Cl)c(C)cc5[nH]nc(N)c45)c3C)C2)C1. The van der Waals surface area contributed by atoms with E-state index in [1.54, 1.807) is 0 Å². The summed E-state index contributed by atoms with van der Waals surface area (Å²) in [5.74, 6) is 1.52. The number of likely N-dealkylation sites (tertiary alicyclic amines) is 1. The molecule has 1 aromatic carbocycles. The lowest BCUT2D eigenvalue weighted by atomic mass is 9.60. The Kier molecular flexibility index (Phi) is 6.43. The fraction of sp³-hybridized carbons (Fsp3) is 0.606. The number of likely N-dealkylation sites (N-methyl/N-ethyl adjacent to an activating group) is 1. The number of rotatable bonds is 6. The number of hydrogen-bond acceptors (Lipinski definition) is 7. The molecule has 0 radical (unpaired) electrons. The molecule has 0 bridgehead atoms. The van der Waals surface area contributed by atoms with E-state index in [2.05, 4.69) is 45.2 Å². The Hall–Kier alpha value is -3.08. The number of aryl methyl sites for hydroxylation is 1. The van der Waals surface area contributed by atoms with Crippen LogP contribution in [0.2, 0.25) is 5.02 Å². The van der Waals surface area contributed by atoms with Crippen molar-refractivity contribution in [2.45, 2.75) is 82.5 Å². The first-order valence-electron chi connectivity index (χ1n) is 16.1. The third-order valence-electron chi connectivity index (χ3n) is 11.8. The number of halogens is 1. The zero-order valence-corrected chi connectivity index (χ0v) is 26.8. The van der Waals surface area contributed by atoms with Crippen LogP contribution in [0.15, 0.2) is 18.7 Å². The Morgan fingerprint density at radius 1 is 1.20 bits per heavy atom. The van der Waals surface area contributed by atoms with Crippen molar-refractivity contribution in [1.29, 1.82) is 0 Å². The molecule has 1 amide bonds. The first-order valence-corrected chi connectivity index (χ1v) is 16.5. The second-order valence-corrected chi connectivity index (χ2v) is 14.7. The van der Waals surface area contributed by atoms with Gasteiger partial charge in [0.15, 0.2) is 11.6 Å². The van der Waals surface area contributed by atoms with Crippen LogP contribution in [0.4, 0.5) is 11.6 Å². The van der Waals surface area contributed by atoms with Crippen LogP contribution < -0.4 is 10.6 Å². The summed E-state index contributed by atoms with van der Waals surface area (Å²) in [5, 5.41) is 14.6. The zero-order chi connectivity index (χ0) is 30.5. The first-order chi connectivity index (χ1) is 21.1. The lowest BCUT2D eigenvalue weighted by molar-refractivity contribution is -0.149. The lowest BCUT2D eigenvalue weighted by Crippen LogP contribution is -2.64. The van der Waals surface area contributed by atoms with Gasteiger partial charge in [-0.1, -0.05) is 18.2 Å². The largest absolute Gasteiger partial charge is 0.382 e. The van der Waals surface area contributed by atoms with Gasteiger partial charge in [-0.15, -0.1) is 0 Å². The predicted octanol–water partition coefficient (Wildman–Crippen LogP) is 4.85. The molecule has 11 heteroatoms. The van der Waals surface area contributed by atoms with Crippen molar-refractivity contribution >= 4 is 40.0 Å². The van der Waals surface area contributed by atoms with Crippen LogP contribution >= 0.6 is 11.6 Å². The number of carbonyl (C=O) groups excluding carboxylic acids is 1. The van der Waals surface area contributed by atoms with E-state index in [-0.39, 0.29) is 22.9 Å². The van der Waals surface area contributed by atoms with Gasteiger partial charge in [-0.2, -0.15) is 10.2 Å². The number of nitrogens with zero attached hydrogens (tertiary/aromatic N) is 6. The molecule has 2 aromatic heterocycles. The number of amides is 1. The summed E-state index contributed by atoms with van der Waals surface area (Å²) in [6.45, 7) is 12.1. The molecule has 44 heavy (non-hydrogen) atoms. The molecule has 2 saturated carbocycles. The molecule has 5 aliphatic rings. The molecule has 10 nitrogen and oxygen atoms in total. The van der Waals surface area contributed by atoms with Gasteiger partial charge in [-0.05, 0) is 83.5 Å². The number of nitrogens with one attached hydrogen (secondary N) is 1. The van der Waals surface area contributed by atoms with Gasteiger partial charge < -0.3 is 20.3 Å². The minimum absolute atomic E-state index is 0.0272. The average Bonchev–Trinajstić information content (AvgIpc) is 3.44. The number of H-pyrrole nitrogens is 1. The summed E-state index contributed by atoms with van der Waals surface area (Å²) in [7, 11) is 2.28. The standard InChI is InChI=1S/C33H43ClN8O2/c1-5-25(43)40-17-32(18-40)12-22(13-32)42-20(3)26(28-27-24(36-37-30(27)35)11-19(2)29(28)34)31(38-42)41-10-7-21(14-33(41)8-6-9-33)39(4)23-15-44-16-23/h5,11,21-23H,1,6-10,12-18H2,2-4H3,(H3,35,36,37). The van der Waals surface area contributed by atoms with E-state index in [0.29, 0.717) is 22.9 Å². The van der Waals surface area contributed by atoms with E-state index in [0.717, 1.165) is 97.6 Å². The van der Waals surface area contributed by atoms with E-state index >= 15 is 0 Å². The maximum atomic E-state index is 12.1. The molecular weight excluding hydrogens is 576 g/mol. The number of anilines is 2. The van der Waals surface area contributed by atoms with E-state index in [9.17, 15) is 4.79 Å². The summed E-state index contributed by atoms with van der Waals surface area (Å²) in [6.07, 6.45) is 9.26. The van der Waals surface area contributed by atoms with Crippen molar-refractivity contribution in [3.8, 4) is 11.1 Å². The van der Waals surface area contributed by atoms with Gasteiger partial charge >= 0.3 is 0 Å². The lowest BCUT2D eigenvalue weighted by Gasteiger charge is -2.59. The van der Waals surface area contributed by atoms with E-state index in [4.69, 9.17) is 27.2 Å². The highest BCUT2D eigenvalue weighted by Gasteiger charge is 2.55. The van der Waals surface area contributed by atoms with Crippen LogP contribution in [0, 0.1) is 19.3 Å². The minimum Gasteiger partial charge on any atom is -0.382 e. The number of aromatic amines is 1. The summed E-state index contributed by atoms with van der Waals surface area (Å²) in [5.41, 5.74) is 11.8.